The van der Waals surface area contributed by atoms with Crippen LogP contribution in [0, 0.1) is 11.3 Å². The molecule has 0 amide bonds. The number of alkyl halides is 3. The predicted octanol–water partition coefficient (Wildman–Crippen LogP) is 4.69. The van der Waals surface area contributed by atoms with Gasteiger partial charge in [0.15, 0.2) is 0 Å². The third kappa shape index (κ3) is 4.90. The van der Waals surface area contributed by atoms with Crippen molar-refractivity contribution in [2.45, 2.75) is 19.0 Å². The monoisotopic (exact) mass is 347 g/mol. The Labute approximate surface area is 145 Å². The number of hydrogen-bond donors (Lipinski definition) is 1. The third-order valence-corrected chi connectivity index (χ3v) is 3.88. The summed E-state index contributed by atoms with van der Waals surface area (Å²) in [7, 11) is 3.94. The zero-order chi connectivity index (χ0) is 18.4. The van der Waals surface area contributed by atoms with Crippen LogP contribution in [0.2, 0.25) is 0 Å². The van der Waals surface area contributed by atoms with Crippen molar-refractivity contribution in [3.8, 4) is 6.07 Å². The van der Waals surface area contributed by atoms with Gasteiger partial charge in [0, 0.05) is 26.3 Å². The zero-order valence-corrected chi connectivity index (χ0v) is 14.2. The first-order valence-corrected chi connectivity index (χ1v) is 7.93. The highest BCUT2D eigenvalue weighted by atomic mass is 19.4. The van der Waals surface area contributed by atoms with E-state index in [9.17, 15) is 13.2 Å². The lowest BCUT2D eigenvalue weighted by molar-refractivity contribution is -0.137. The largest absolute Gasteiger partial charge is 0.416 e. The van der Waals surface area contributed by atoms with Gasteiger partial charge in [0.05, 0.1) is 16.8 Å². The molecule has 0 aromatic heterocycles. The average Bonchev–Trinajstić information content (AvgIpc) is 2.58. The fraction of sp³-hybridized carbons (Fsp3) is 0.316. The van der Waals surface area contributed by atoms with E-state index in [1.165, 1.54) is 11.6 Å². The van der Waals surface area contributed by atoms with Gasteiger partial charge in [0.1, 0.15) is 6.07 Å². The maximum atomic E-state index is 12.8. The normalized spacial score (nSPS) is 11.0. The van der Waals surface area contributed by atoms with Gasteiger partial charge in [-0.1, -0.05) is 18.2 Å². The standard InChI is InChI=1S/C19H20F3N3/c1-25(2)18-8-4-3-6-14(18)7-5-11-24-17-12-16(19(20,21)22)10-9-15(17)13-23/h3-4,6,8-10,12,24H,5,7,11H2,1-2H3. The van der Waals surface area contributed by atoms with E-state index in [0.717, 1.165) is 30.7 Å². The van der Waals surface area contributed by atoms with Gasteiger partial charge in [-0.25, -0.2) is 0 Å². The lowest BCUT2D eigenvalue weighted by atomic mass is 10.1. The molecule has 0 heterocycles. The summed E-state index contributed by atoms with van der Waals surface area (Å²) in [5.41, 5.74) is 1.98. The highest BCUT2D eigenvalue weighted by Gasteiger charge is 2.31. The molecule has 0 aliphatic heterocycles. The first kappa shape index (κ1) is 18.7. The van der Waals surface area contributed by atoms with Gasteiger partial charge in [-0.3, -0.25) is 0 Å². The van der Waals surface area contributed by atoms with E-state index in [1.807, 2.05) is 49.3 Å². The van der Waals surface area contributed by atoms with E-state index < -0.39 is 11.7 Å². The van der Waals surface area contributed by atoms with Crippen molar-refractivity contribution in [1.29, 1.82) is 5.26 Å². The minimum Gasteiger partial charge on any atom is -0.384 e. The molecule has 1 N–H and O–H groups in total. The molecule has 0 unspecified atom stereocenters. The third-order valence-electron chi connectivity index (χ3n) is 3.88. The number of nitrogens with zero attached hydrogens (tertiary/aromatic N) is 2. The molecule has 25 heavy (non-hydrogen) atoms. The molecule has 6 heteroatoms. The smallest absolute Gasteiger partial charge is 0.384 e. The van der Waals surface area contributed by atoms with Crippen LogP contribution >= 0.6 is 0 Å². The first-order valence-electron chi connectivity index (χ1n) is 7.93. The van der Waals surface area contributed by atoms with E-state index >= 15 is 0 Å². The van der Waals surface area contributed by atoms with E-state index in [1.54, 1.807) is 0 Å². The van der Waals surface area contributed by atoms with Crippen LogP contribution < -0.4 is 10.2 Å². The highest BCUT2D eigenvalue weighted by molar-refractivity contribution is 5.59. The topological polar surface area (TPSA) is 39.1 Å². The van der Waals surface area contributed by atoms with Gasteiger partial charge in [-0.2, -0.15) is 18.4 Å². The van der Waals surface area contributed by atoms with Crippen molar-refractivity contribution >= 4 is 11.4 Å². The van der Waals surface area contributed by atoms with Crippen LogP contribution in [-0.2, 0) is 12.6 Å². The van der Waals surface area contributed by atoms with Crippen molar-refractivity contribution in [3.05, 3.63) is 59.2 Å². The molecular formula is C19H20F3N3. The number of rotatable bonds is 6. The summed E-state index contributed by atoms with van der Waals surface area (Å²) >= 11 is 0. The molecule has 0 aliphatic rings. The Morgan fingerprint density at radius 1 is 1.12 bits per heavy atom. The minimum atomic E-state index is -4.42. The molecule has 3 nitrogen and oxygen atoms in total. The van der Waals surface area contributed by atoms with E-state index in [-0.39, 0.29) is 11.3 Å². The minimum absolute atomic E-state index is 0.210. The summed E-state index contributed by atoms with van der Waals surface area (Å²) in [6.07, 6.45) is -2.89. The predicted molar refractivity (Wildman–Crippen MR) is 93.7 cm³/mol. The summed E-state index contributed by atoms with van der Waals surface area (Å²) < 4.78 is 38.5. The molecule has 2 rings (SSSR count). The van der Waals surface area contributed by atoms with Crippen molar-refractivity contribution in [2.75, 3.05) is 30.9 Å². The fourth-order valence-electron chi connectivity index (χ4n) is 2.62. The second-order valence-corrected chi connectivity index (χ2v) is 5.92. The molecule has 0 radical (unpaired) electrons. The number of aryl methyl sites for hydroxylation is 1. The van der Waals surface area contributed by atoms with Crippen LogP contribution in [0.1, 0.15) is 23.1 Å². The van der Waals surface area contributed by atoms with Crippen LogP contribution in [0.3, 0.4) is 0 Å². The number of nitriles is 1. The lowest BCUT2D eigenvalue weighted by Crippen LogP contribution is -2.12. The summed E-state index contributed by atoms with van der Waals surface area (Å²) in [5.74, 6) is 0. The van der Waals surface area contributed by atoms with Crippen LogP contribution in [0.5, 0.6) is 0 Å². The van der Waals surface area contributed by atoms with Crippen molar-refractivity contribution in [1.82, 2.24) is 0 Å². The molecule has 0 aliphatic carbocycles. The highest BCUT2D eigenvalue weighted by Crippen LogP contribution is 2.32. The maximum Gasteiger partial charge on any atom is 0.416 e. The molecule has 0 fully saturated rings. The quantitative estimate of drug-likeness (QED) is 0.771. The maximum absolute atomic E-state index is 12.8. The molecule has 132 valence electrons. The number of para-hydroxylation sites is 1. The Morgan fingerprint density at radius 2 is 1.84 bits per heavy atom. The van der Waals surface area contributed by atoms with Crippen molar-refractivity contribution in [2.24, 2.45) is 0 Å². The number of nitrogens with one attached hydrogen (secondary N) is 1. The van der Waals surface area contributed by atoms with Crippen LogP contribution in [0.25, 0.3) is 0 Å². The van der Waals surface area contributed by atoms with Crippen molar-refractivity contribution < 1.29 is 13.2 Å². The molecule has 0 spiro atoms. The second kappa shape index (κ2) is 7.93. The molecular weight excluding hydrogens is 327 g/mol. The van der Waals surface area contributed by atoms with Crippen LogP contribution in [-0.4, -0.2) is 20.6 Å². The average molecular weight is 347 g/mol. The number of anilines is 2. The number of halogens is 3. The van der Waals surface area contributed by atoms with Crippen molar-refractivity contribution in [3.63, 3.8) is 0 Å². The van der Waals surface area contributed by atoms with Crippen LogP contribution in [0.4, 0.5) is 24.5 Å². The van der Waals surface area contributed by atoms with Gasteiger partial charge >= 0.3 is 6.18 Å². The van der Waals surface area contributed by atoms with E-state index in [2.05, 4.69) is 5.32 Å². The number of hydrogen-bond acceptors (Lipinski definition) is 3. The fourth-order valence-corrected chi connectivity index (χ4v) is 2.62. The molecule has 2 aromatic carbocycles. The Kier molecular flexibility index (Phi) is 5.92. The van der Waals surface area contributed by atoms with Gasteiger partial charge in [0.2, 0.25) is 0 Å². The molecule has 0 atom stereocenters. The van der Waals surface area contributed by atoms with Gasteiger partial charge in [0.25, 0.3) is 0 Å². The Bertz CT molecular complexity index is 761. The zero-order valence-electron chi connectivity index (χ0n) is 14.2. The summed E-state index contributed by atoms with van der Waals surface area (Å²) in [5, 5.41) is 12.0. The Hall–Kier alpha value is -2.68. The second-order valence-electron chi connectivity index (χ2n) is 5.92. The lowest BCUT2D eigenvalue weighted by Gasteiger charge is -2.17. The van der Waals surface area contributed by atoms with Crippen LogP contribution in [0.15, 0.2) is 42.5 Å². The Balaban J connectivity index is 2.02. The SMILES string of the molecule is CN(C)c1ccccc1CCCNc1cc(C(F)(F)F)ccc1C#N. The molecule has 0 saturated carbocycles. The first-order chi connectivity index (χ1) is 11.8. The summed E-state index contributed by atoms with van der Waals surface area (Å²) in [4.78, 5) is 2.03. The Morgan fingerprint density at radius 3 is 2.48 bits per heavy atom. The molecule has 0 bridgehead atoms. The van der Waals surface area contributed by atoms with Gasteiger partial charge in [-0.05, 0) is 42.7 Å². The number of benzene rings is 2. The van der Waals surface area contributed by atoms with Gasteiger partial charge < -0.3 is 10.2 Å². The van der Waals surface area contributed by atoms with E-state index in [0.29, 0.717) is 6.54 Å². The summed E-state index contributed by atoms with van der Waals surface area (Å²) in [6.45, 7) is 0.484. The summed E-state index contributed by atoms with van der Waals surface area (Å²) in [6, 6.07) is 13.1. The van der Waals surface area contributed by atoms with Gasteiger partial charge in [-0.15, -0.1) is 0 Å². The van der Waals surface area contributed by atoms with E-state index in [4.69, 9.17) is 5.26 Å². The molecule has 2 aromatic rings. The molecule has 0 saturated heterocycles.